The minimum absolute atomic E-state index is 0.104. The third-order valence-corrected chi connectivity index (χ3v) is 7.20. The molecule has 0 bridgehead atoms. The number of nitrogens with one attached hydrogen (secondary N) is 1. The number of aromatic nitrogens is 2. The average molecular weight is 467 g/mol. The number of carbonyl (C=O) groups is 1. The van der Waals surface area contributed by atoms with Gasteiger partial charge in [0, 0.05) is 5.75 Å². The van der Waals surface area contributed by atoms with E-state index in [2.05, 4.69) is 15.5 Å². The molecule has 0 radical (unpaired) electrons. The van der Waals surface area contributed by atoms with Gasteiger partial charge in [0.1, 0.15) is 11.9 Å². The van der Waals surface area contributed by atoms with Crippen molar-refractivity contribution in [2.24, 2.45) is 0 Å². The van der Waals surface area contributed by atoms with Crippen LogP contribution in [0, 0.1) is 5.82 Å². The van der Waals surface area contributed by atoms with Crippen LogP contribution in [0.5, 0.6) is 0 Å². The second-order valence-corrected chi connectivity index (χ2v) is 10.4. The Labute approximate surface area is 176 Å². The summed E-state index contributed by atoms with van der Waals surface area (Å²) in [6.07, 6.45) is 2.14. The van der Waals surface area contributed by atoms with E-state index in [9.17, 15) is 17.6 Å². The predicted octanol–water partition coefficient (Wildman–Crippen LogP) is 4.02. The topological polar surface area (TPSA) is 92.3 Å². The van der Waals surface area contributed by atoms with E-state index in [1.54, 1.807) is 6.92 Å². The quantitative estimate of drug-likeness (QED) is 0.443. The van der Waals surface area contributed by atoms with E-state index in [1.165, 1.54) is 35.2 Å². The highest BCUT2D eigenvalue weighted by atomic mass is 35.5. The van der Waals surface area contributed by atoms with Crippen molar-refractivity contribution in [3.05, 3.63) is 29.0 Å². The fraction of sp³-hybridized carbons (Fsp3) is 0.438. The van der Waals surface area contributed by atoms with Gasteiger partial charge in [-0.2, -0.15) is 0 Å². The molecule has 0 saturated heterocycles. The number of amides is 1. The van der Waals surface area contributed by atoms with E-state index in [0.29, 0.717) is 0 Å². The first-order chi connectivity index (χ1) is 13.2. The Bertz CT molecular complexity index is 939. The predicted molar refractivity (Wildman–Crippen MR) is 112 cm³/mol. The highest BCUT2D eigenvalue weighted by molar-refractivity contribution is 8.01. The van der Waals surface area contributed by atoms with Crippen molar-refractivity contribution < 1.29 is 17.6 Å². The van der Waals surface area contributed by atoms with Crippen molar-refractivity contribution in [3.8, 4) is 0 Å². The smallest absolute Gasteiger partial charge is 0.250 e. The normalized spacial score (nSPS) is 12.6. The Morgan fingerprint density at radius 2 is 2.11 bits per heavy atom. The summed E-state index contributed by atoms with van der Waals surface area (Å²) < 4.78 is 39.9. The molecule has 1 aromatic carbocycles. The molecule has 1 amide bonds. The molecule has 1 aromatic heterocycles. The Kier molecular flexibility index (Phi) is 8.05. The Balaban J connectivity index is 2.28. The van der Waals surface area contributed by atoms with Crippen LogP contribution in [0.3, 0.4) is 0 Å². The molecule has 28 heavy (non-hydrogen) atoms. The average Bonchev–Trinajstić information content (AvgIpc) is 3.06. The van der Waals surface area contributed by atoms with Crippen molar-refractivity contribution in [1.82, 2.24) is 10.2 Å². The summed E-state index contributed by atoms with van der Waals surface area (Å²) in [6.45, 7) is 3.72. The maximum absolute atomic E-state index is 13.5. The maximum atomic E-state index is 13.5. The number of hydrogen-bond acceptors (Lipinski definition) is 7. The lowest BCUT2D eigenvalue weighted by molar-refractivity contribution is -0.117. The molecule has 1 heterocycles. The lowest BCUT2D eigenvalue weighted by Gasteiger charge is -2.29. The number of benzene rings is 1. The molecule has 1 N–H and O–H groups in total. The first-order valence-corrected chi connectivity index (χ1v) is 12.4. The molecule has 2 rings (SSSR count). The third kappa shape index (κ3) is 5.79. The Hall–Kier alpha value is -1.43. The van der Waals surface area contributed by atoms with Crippen LogP contribution >= 0.6 is 34.7 Å². The van der Waals surface area contributed by atoms with Crippen molar-refractivity contribution >= 4 is 61.4 Å². The second-order valence-electron chi connectivity index (χ2n) is 5.79. The van der Waals surface area contributed by atoms with Crippen molar-refractivity contribution in [1.29, 1.82) is 0 Å². The number of nitrogens with zero attached hydrogens (tertiary/aromatic N) is 3. The van der Waals surface area contributed by atoms with Crippen LogP contribution in [-0.2, 0) is 14.8 Å². The van der Waals surface area contributed by atoms with Gasteiger partial charge in [-0.15, -0.1) is 10.2 Å². The summed E-state index contributed by atoms with van der Waals surface area (Å²) in [6, 6.07) is 2.44. The van der Waals surface area contributed by atoms with Crippen LogP contribution in [0.15, 0.2) is 22.5 Å². The van der Waals surface area contributed by atoms with E-state index in [0.717, 1.165) is 33.1 Å². The molecule has 0 aliphatic rings. The van der Waals surface area contributed by atoms with Gasteiger partial charge in [0.25, 0.3) is 0 Å². The van der Waals surface area contributed by atoms with Crippen LogP contribution in [0.2, 0.25) is 5.02 Å². The minimum Gasteiger partial charge on any atom is -0.299 e. The number of carbonyl (C=O) groups excluding carboxylic acids is 1. The van der Waals surface area contributed by atoms with Gasteiger partial charge in [-0.1, -0.05) is 48.5 Å². The summed E-state index contributed by atoms with van der Waals surface area (Å²) in [5.41, 5.74) is 0.104. The molecule has 7 nitrogen and oxygen atoms in total. The van der Waals surface area contributed by atoms with Gasteiger partial charge in [0.05, 0.1) is 17.0 Å². The largest absolute Gasteiger partial charge is 0.299 e. The van der Waals surface area contributed by atoms with E-state index in [-0.39, 0.29) is 22.3 Å². The lowest BCUT2D eigenvalue weighted by atomic mass is 10.2. The molecule has 0 saturated carbocycles. The van der Waals surface area contributed by atoms with Gasteiger partial charge >= 0.3 is 0 Å². The SMILES string of the molecule is CCCSc1nnc(NC(=O)[C@@H](CC)N(c2ccc(F)c(Cl)c2)S(C)(=O)=O)s1. The van der Waals surface area contributed by atoms with Gasteiger partial charge in [-0.3, -0.25) is 14.4 Å². The summed E-state index contributed by atoms with van der Waals surface area (Å²) in [5.74, 6) is -0.355. The zero-order chi connectivity index (χ0) is 20.9. The van der Waals surface area contributed by atoms with Crippen LogP contribution in [-0.4, -0.2) is 42.6 Å². The highest BCUT2D eigenvalue weighted by Gasteiger charge is 2.32. The van der Waals surface area contributed by atoms with Crippen LogP contribution in [0.1, 0.15) is 26.7 Å². The molecule has 0 spiro atoms. The summed E-state index contributed by atoms with van der Waals surface area (Å²) in [5, 5.41) is 10.6. The monoisotopic (exact) mass is 466 g/mol. The summed E-state index contributed by atoms with van der Waals surface area (Å²) in [7, 11) is -3.85. The van der Waals surface area contributed by atoms with Crippen molar-refractivity contribution in [2.45, 2.75) is 37.1 Å². The molecule has 1 atom stereocenters. The number of thioether (sulfide) groups is 1. The van der Waals surface area contributed by atoms with E-state index in [4.69, 9.17) is 11.6 Å². The molecule has 154 valence electrons. The zero-order valence-electron chi connectivity index (χ0n) is 15.5. The molecule has 0 unspecified atom stereocenters. The van der Waals surface area contributed by atoms with Crippen LogP contribution < -0.4 is 9.62 Å². The fourth-order valence-corrected chi connectivity index (χ4v) is 5.44. The molecule has 12 heteroatoms. The molecule has 0 aliphatic heterocycles. The number of hydrogen-bond donors (Lipinski definition) is 1. The number of halogens is 2. The van der Waals surface area contributed by atoms with Crippen LogP contribution in [0.25, 0.3) is 0 Å². The van der Waals surface area contributed by atoms with Gasteiger partial charge in [0.15, 0.2) is 4.34 Å². The fourth-order valence-electron chi connectivity index (χ4n) is 2.38. The van der Waals surface area contributed by atoms with Crippen LogP contribution in [0.4, 0.5) is 15.2 Å². The van der Waals surface area contributed by atoms with E-state index >= 15 is 0 Å². The molecule has 0 fully saturated rings. The third-order valence-electron chi connectivity index (χ3n) is 3.55. The van der Waals surface area contributed by atoms with Crippen molar-refractivity contribution in [2.75, 3.05) is 21.6 Å². The summed E-state index contributed by atoms with van der Waals surface area (Å²) >= 11 is 8.54. The van der Waals surface area contributed by atoms with Gasteiger partial charge in [-0.05, 0) is 31.0 Å². The molecular weight excluding hydrogens is 447 g/mol. The van der Waals surface area contributed by atoms with Gasteiger partial charge in [-0.25, -0.2) is 12.8 Å². The maximum Gasteiger partial charge on any atom is 0.250 e. The molecule has 2 aromatic rings. The number of rotatable bonds is 9. The minimum atomic E-state index is -3.85. The highest BCUT2D eigenvalue weighted by Crippen LogP contribution is 2.29. The van der Waals surface area contributed by atoms with Crippen molar-refractivity contribution in [3.63, 3.8) is 0 Å². The first-order valence-electron chi connectivity index (χ1n) is 8.39. The van der Waals surface area contributed by atoms with Gasteiger partial charge < -0.3 is 0 Å². The lowest BCUT2D eigenvalue weighted by Crippen LogP contribution is -2.47. The molecular formula is C16H20ClFN4O3S3. The first kappa shape index (κ1) is 22.9. The summed E-state index contributed by atoms with van der Waals surface area (Å²) in [4.78, 5) is 12.8. The number of sulfonamides is 1. The number of anilines is 2. The molecule has 0 aliphatic carbocycles. The standard InChI is InChI=1S/C16H20ClFN4O3S3/c1-4-8-26-16-21-20-15(27-16)19-14(23)13(5-2)22(28(3,24)25)10-6-7-12(18)11(17)9-10/h6-7,9,13H,4-5,8H2,1-3H3,(H,19,20,23)/t13-/m1/s1. The second kappa shape index (κ2) is 9.86. The van der Waals surface area contributed by atoms with Gasteiger partial charge in [0.2, 0.25) is 21.1 Å². The zero-order valence-corrected chi connectivity index (χ0v) is 18.7. The Morgan fingerprint density at radius 1 is 1.39 bits per heavy atom. The van der Waals surface area contributed by atoms with E-state index in [1.807, 2.05) is 6.92 Å². The van der Waals surface area contributed by atoms with E-state index < -0.39 is 27.8 Å². The Morgan fingerprint density at radius 3 is 2.68 bits per heavy atom.